The molecule has 0 bridgehead atoms. The molecule has 3 aromatic rings. The Balaban J connectivity index is 2.63. The number of phenols is 2. The van der Waals surface area contributed by atoms with Crippen molar-refractivity contribution in [3.8, 4) is 11.5 Å². The summed E-state index contributed by atoms with van der Waals surface area (Å²) in [5.74, 6) is -0.613. The molecule has 0 heterocycles. The van der Waals surface area contributed by atoms with Crippen molar-refractivity contribution < 1.29 is 23.2 Å². The van der Waals surface area contributed by atoms with Crippen LogP contribution in [-0.4, -0.2) is 23.2 Å². The van der Waals surface area contributed by atoms with E-state index >= 15 is 0 Å². The molecule has 0 aliphatic carbocycles. The fourth-order valence-electron chi connectivity index (χ4n) is 3.20. The molecular weight excluding hydrogens is 482 g/mol. The number of aromatic hydroxyl groups is 2. The Morgan fingerprint density at radius 1 is 0.724 bits per heavy atom. The first-order valence-electron chi connectivity index (χ1n) is 7.90. The van der Waals surface area contributed by atoms with Gasteiger partial charge < -0.3 is 10.2 Å². The van der Waals surface area contributed by atoms with Crippen LogP contribution in [0.2, 0.25) is 20.1 Å². The lowest BCUT2D eigenvalue weighted by Crippen LogP contribution is -2.39. The van der Waals surface area contributed by atoms with Crippen molar-refractivity contribution >= 4 is 56.5 Å². The van der Waals surface area contributed by atoms with Crippen LogP contribution in [0.15, 0.2) is 54.6 Å². The number of phenolic OH excluding ortho intramolecular Hbond substituents is 2. The highest BCUT2D eigenvalue weighted by Crippen LogP contribution is 2.52. The van der Waals surface area contributed by atoms with Gasteiger partial charge in [0.05, 0.1) is 5.02 Å². The molecule has 3 N–H and O–H groups in total. The number of rotatable bonds is 4. The van der Waals surface area contributed by atoms with E-state index in [1.165, 1.54) is 36.4 Å². The summed E-state index contributed by atoms with van der Waals surface area (Å²) in [6.45, 7) is 0. The Kier molecular flexibility index (Phi) is 5.98. The Hall–Kier alpha value is -1.67. The van der Waals surface area contributed by atoms with Gasteiger partial charge >= 0.3 is 0 Å². The van der Waals surface area contributed by atoms with Gasteiger partial charge in [0.2, 0.25) is 0 Å². The lowest BCUT2D eigenvalue weighted by Gasteiger charge is -2.34. The van der Waals surface area contributed by atoms with Gasteiger partial charge in [-0.25, -0.2) is 0 Å². The Morgan fingerprint density at radius 2 is 1.31 bits per heavy atom. The summed E-state index contributed by atoms with van der Waals surface area (Å²) >= 11 is 25.0. The zero-order valence-corrected chi connectivity index (χ0v) is 18.1. The molecule has 152 valence electrons. The third-order valence-electron chi connectivity index (χ3n) is 4.41. The number of hydrogen-bond donors (Lipinski definition) is 3. The summed E-state index contributed by atoms with van der Waals surface area (Å²) in [5, 5.41) is 18.8. The minimum atomic E-state index is -5.07. The Bertz CT molecular complexity index is 1210. The molecule has 5 nitrogen and oxygen atoms in total. The topological polar surface area (TPSA) is 94.8 Å². The summed E-state index contributed by atoms with van der Waals surface area (Å²) in [7, 11) is -5.07. The molecular formula is C19H12Cl4O5S. The zero-order chi connectivity index (χ0) is 21.6. The second-order valence-corrected chi connectivity index (χ2v) is 9.19. The SMILES string of the molecule is O=S(=O)(O)C(c1ccccc1Cl)(c1ccc(O)cc1Cl)c1ccc(O)c(Cl)c1Cl. The minimum absolute atomic E-state index is 0.00506. The van der Waals surface area contributed by atoms with Crippen LogP contribution in [0.1, 0.15) is 16.7 Å². The maximum absolute atomic E-state index is 13.0. The second kappa shape index (κ2) is 7.87. The fraction of sp³-hybridized carbons (Fsp3) is 0.0526. The van der Waals surface area contributed by atoms with E-state index in [0.717, 1.165) is 12.1 Å². The zero-order valence-electron chi connectivity index (χ0n) is 14.3. The first-order chi connectivity index (χ1) is 13.5. The first kappa shape index (κ1) is 22.0. The Morgan fingerprint density at radius 3 is 1.90 bits per heavy atom. The van der Waals surface area contributed by atoms with E-state index in [0.29, 0.717) is 0 Å². The van der Waals surface area contributed by atoms with Crippen LogP contribution in [0, 0.1) is 0 Å². The molecule has 0 aromatic heterocycles. The lowest BCUT2D eigenvalue weighted by molar-refractivity contribution is 0.456. The Labute approximate surface area is 186 Å². The molecule has 29 heavy (non-hydrogen) atoms. The van der Waals surface area contributed by atoms with Gasteiger partial charge in [-0.3, -0.25) is 4.55 Å². The summed E-state index contributed by atoms with van der Waals surface area (Å²) in [4.78, 5) is 0. The smallest absolute Gasteiger partial charge is 0.283 e. The highest BCUT2D eigenvalue weighted by molar-refractivity contribution is 7.87. The lowest BCUT2D eigenvalue weighted by atomic mass is 9.83. The van der Waals surface area contributed by atoms with Crippen LogP contribution >= 0.6 is 46.4 Å². The quantitative estimate of drug-likeness (QED) is 0.311. The average molecular weight is 494 g/mol. The molecule has 0 aliphatic heterocycles. The molecule has 0 spiro atoms. The van der Waals surface area contributed by atoms with Crippen LogP contribution in [0.4, 0.5) is 0 Å². The normalized spacial score (nSPS) is 13.8. The van der Waals surface area contributed by atoms with Gasteiger partial charge in [-0.05, 0) is 24.3 Å². The molecule has 0 radical (unpaired) electrons. The summed E-state index contributed by atoms with van der Waals surface area (Å²) in [6.07, 6.45) is 0. The molecule has 3 rings (SSSR count). The highest BCUT2D eigenvalue weighted by Gasteiger charge is 2.52. The monoisotopic (exact) mass is 492 g/mol. The molecule has 0 saturated carbocycles. The maximum atomic E-state index is 13.0. The third kappa shape index (κ3) is 3.54. The van der Waals surface area contributed by atoms with Gasteiger partial charge in [-0.15, -0.1) is 0 Å². The van der Waals surface area contributed by atoms with Crippen LogP contribution in [-0.2, 0) is 14.9 Å². The molecule has 1 atom stereocenters. The molecule has 0 saturated heterocycles. The van der Waals surface area contributed by atoms with Crippen molar-refractivity contribution in [3.63, 3.8) is 0 Å². The van der Waals surface area contributed by atoms with E-state index in [1.54, 1.807) is 6.07 Å². The van der Waals surface area contributed by atoms with Gasteiger partial charge in [0, 0.05) is 26.7 Å². The van der Waals surface area contributed by atoms with Crippen molar-refractivity contribution in [2.75, 3.05) is 0 Å². The van der Waals surface area contributed by atoms with Crippen molar-refractivity contribution in [3.05, 3.63) is 91.4 Å². The van der Waals surface area contributed by atoms with Crippen LogP contribution in [0.25, 0.3) is 0 Å². The van der Waals surface area contributed by atoms with E-state index in [4.69, 9.17) is 46.4 Å². The number of halogens is 4. The molecule has 3 aromatic carbocycles. The fourth-order valence-corrected chi connectivity index (χ4v) is 5.79. The first-order valence-corrected chi connectivity index (χ1v) is 10.9. The van der Waals surface area contributed by atoms with Crippen molar-refractivity contribution in [2.45, 2.75) is 4.75 Å². The van der Waals surface area contributed by atoms with Gasteiger partial charge in [0.15, 0.2) is 4.75 Å². The number of benzene rings is 3. The van der Waals surface area contributed by atoms with Gasteiger partial charge in [0.1, 0.15) is 16.5 Å². The third-order valence-corrected chi connectivity index (χ3v) is 7.36. The summed E-state index contributed by atoms with van der Waals surface area (Å²) in [6, 6.07) is 11.8. The van der Waals surface area contributed by atoms with Crippen LogP contribution in [0.3, 0.4) is 0 Å². The predicted molar refractivity (Wildman–Crippen MR) is 114 cm³/mol. The van der Waals surface area contributed by atoms with Gasteiger partial charge in [-0.2, -0.15) is 8.42 Å². The van der Waals surface area contributed by atoms with Crippen molar-refractivity contribution in [1.29, 1.82) is 0 Å². The van der Waals surface area contributed by atoms with E-state index in [-0.39, 0.29) is 48.3 Å². The van der Waals surface area contributed by atoms with E-state index in [2.05, 4.69) is 0 Å². The molecule has 0 fully saturated rings. The maximum Gasteiger partial charge on any atom is 0.283 e. The molecule has 0 aliphatic rings. The van der Waals surface area contributed by atoms with E-state index in [1.807, 2.05) is 0 Å². The average Bonchev–Trinajstić information content (AvgIpc) is 2.63. The van der Waals surface area contributed by atoms with E-state index < -0.39 is 14.9 Å². The van der Waals surface area contributed by atoms with Crippen LogP contribution in [0.5, 0.6) is 11.5 Å². The van der Waals surface area contributed by atoms with Gasteiger partial charge in [0.25, 0.3) is 10.1 Å². The van der Waals surface area contributed by atoms with Crippen LogP contribution < -0.4 is 0 Å². The standard InChI is InChI=1S/C19H12Cl4O5S/c20-14-4-2-1-3-11(14)19(29(26,27)28,12-6-5-10(24)9-15(12)21)13-7-8-16(25)18(23)17(13)22/h1-9,24-25H,(H,26,27,28). The minimum Gasteiger partial charge on any atom is -0.508 e. The molecule has 10 heteroatoms. The van der Waals surface area contributed by atoms with E-state index in [9.17, 15) is 23.2 Å². The highest BCUT2D eigenvalue weighted by atomic mass is 35.5. The van der Waals surface area contributed by atoms with Gasteiger partial charge in [-0.1, -0.05) is 76.7 Å². The molecule has 0 amide bonds. The largest absolute Gasteiger partial charge is 0.508 e. The molecule has 1 unspecified atom stereocenters. The second-order valence-electron chi connectivity index (χ2n) is 6.06. The summed E-state index contributed by atoms with van der Waals surface area (Å²) in [5.41, 5.74) is -0.373. The van der Waals surface area contributed by atoms with Crippen molar-refractivity contribution in [1.82, 2.24) is 0 Å². The van der Waals surface area contributed by atoms with Crippen molar-refractivity contribution in [2.24, 2.45) is 0 Å². The number of hydrogen-bond acceptors (Lipinski definition) is 4. The summed E-state index contributed by atoms with van der Waals surface area (Å²) < 4.78 is 34.1. The predicted octanol–water partition coefficient (Wildman–Crippen LogP) is 5.89.